The highest BCUT2D eigenvalue weighted by atomic mass is 19.4. The molecule has 1 aliphatic heterocycles. The zero-order valence-electron chi connectivity index (χ0n) is 25.7. The Morgan fingerprint density at radius 1 is 1.07 bits per heavy atom. The first-order chi connectivity index (χ1) is 21.9. The van der Waals surface area contributed by atoms with E-state index in [-0.39, 0.29) is 23.9 Å². The number of hydrogen-bond acceptors (Lipinski definition) is 6. The van der Waals surface area contributed by atoms with E-state index < -0.39 is 17.7 Å². The van der Waals surface area contributed by atoms with E-state index >= 15 is 0 Å². The number of amides is 2. The number of piperazine rings is 1. The van der Waals surface area contributed by atoms with E-state index in [9.17, 15) is 27.9 Å². The summed E-state index contributed by atoms with van der Waals surface area (Å²) >= 11 is 0. The van der Waals surface area contributed by atoms with Crippen LogP contribution < -0.4 is 10.6 Å². The first kappa shape index (κ1) is 34.6. The summed E-state index contributed by atoms with van der Waals surface area (Å²) in [6, 6.07) is 20.0. The number of hydrogen-bond donors (Lipinski definition) is 4. The average Bonchev–Trinajstić information content (AvgIpc) is 3.46. The summed E-state index contributed by atoms with van der Waals surface area (Å²) in [7, 11) is 0. The number of aliphatic hydroxyl groups is 1. The van der Waals surface area contributed by atoms with Crippen LogP contribution in [0.5, 0.6) is 0 Å². The Morgan fingerprint density at radius 3 is 2.35 bits per heavy atom. The first-order valence-corrected chi connectivity index (χ1v) is 15.4. The Bertz CT molecular complexity index is 1470. The molecule has 4 N–H and O–H groups in total. The summed E-state index contributed by atoms with van der Waals surface area (Å²) in [5.41, 5.74) is 2.28. The van der Waals surface area contributed by atoms with Crippen LogP contribution in [0.25, 0.3) is 11.3 Å². The van der Waals surface area contributed by atoms with Crippen molar-refractivity contribution in [3.05, 3.63) is 78.2 Å². The maximum atomic E-state index is 14.2. The molecule has 1 aromatic heterocycles. The minimum atomic E-state index is -5.08. The number of rotatable bonds is 8. The van der Waals surface area contributed by atoms with Crippen LogP contribution >= 0.6 is 0 Å². The van der Waals surface area contributed by atoms with E-state index in [0.717, 1.165) is 50.0 Å². The highest BCUT2D eigenvalue weighted by Crippen LogP contribution is 2.42. The molecule has 0 bridgehead atoms. The second-order valence-electron chi connectivity index (χ2n) is 11.7. The number of carboxylic acids is 1. The van der Waals surface area contributed by atoms with Gasteiger partial charge < -0.3 is 30.3 Å². The fourth-order valence-electron chi connectivity index (χ4n) is 6.22. The van der Waals surface area contributed by atoms with Crippen molar-refractivity contribution in [2.45, 2.75) is 69.3 Å². The molecule has 1 unspecified atom stereocenters. The van der Waals surface area contributed by atoms with Crippen LogP contribution in [-0.2, 0) is 16.0 Å². The summed E-state index contributed by atoms with van der Waals surface area (Å²) in [5.74, 6) is -2.94. The van der Waals surface area contributed by atoms with Gasteiger partial charge in [0.1, 0.15) is 0 Å². The lowest BCUT2D eigenvalue weighted by atomic mass is 9.77. The van der Waals surface area contributed by atoms with Crippen molar-refractivity contribution in [3.63, 3.8) is 0 Å². The number of halogens is 3. The predicted molar refractivity (Wildman–Crippen MR) is 165 cm³/mol. The van der Waals surface area contributed by atoms with Gasteiger partial charge in [-0.2, -0.15) is 13.2 Å². The number of nitrogens with one attached hydrogen (secondary N) is 2. The van der Waals surface area contributed by atoms with Crippen LogP contribution in [0.15, 0.2) is 67.0 Å². The van der Waals surface area contributed by atoms with Crippen LogP contribution in [0.1, 0.15) is 61.1 Å². The van der Waals surface area contributed by atoms with Crippen molar-refractivity contribution >= 4 is 17.8 Å². The van der Waals surface area contributed by atoms with E-state index in [0.29, 0.717) is 31.6 Å². The molecule has 13 heteroatoms. The van der Waals surface area contributed by atoms with Crippen molar-refractivity contribution in [3.8, 4) is 11.3 Å². The maximum absolute atomic E-state index is 14.2. The van der Waals surface area contributed by atoms with Gasteiger partial charge in [0, 0.05) is 44.7 Å². The van der Waals surface area contributed by atoms with Gasteiger partial charge in [-0.25, -0.2) is 9.78 Å². The minimum absolute atomic E-state index is 0.0201. The summed E-state index contributed by atoms with van der Waals surface area (Å²) in [6.07, 6.45) is 1.21. The zero-order chi connectivity index (χ0) is 33.3. The molecule has 0 radical (unpaired) electrons. The Balaban J connectivity index is 0.000000617. The van der Waals surface area contributed by atoms with E-state index in [1.807, 2.05) is 58.0 Å². The average molecular weight is 644 g/mol. The number of imidazole rings is 1. The second kappa shape index (κ2) is 15.4. The van der Waals surface area contributed by atoms with Gasteiger partial charge in [-0.3, -0.25) is 9.59 Å². The molecule has 2 heterocycles. The van der Waals surface area contributed by atoms with Crippen molar-refractivity contribution in [1.82, 2.24) is 25.1 Å². The Kier molecular flexibility index (Phi) is 11.6. The molecular weight excluding hydrogens is 603 g/mol. The SMILES string of the molecule is CC(=O)NCCC1(O)CCCC[C@@H]1n1cnc(C(=O)N2CCNC[C@H]2Cc2ccccc2)c1-c1ccccc1.O=C(O)C(F)(F)F. The van der Waals surface area contributed by atoms with Crippen LogP contribution in [0, 0.1) is 0 Å². The third-order valence-electron chi connectivity index (χ3n) is 8.44. The standard InChI is InChI=1S/C31H39N5O3.C2HF3O2/c1-23(37)33-17-16-31(39)15-9-8-14-27(31)36-22-34-28(29(36)25-12-6-3-7-13-25)30(38)35-19-18-32-21-26(35)20-24-10-4-2-5-11-24;3-2(4,5)1(6)7/h2-7,10-13,22,26-27,32,39H,8-9,14-21H2,1H3,(H,33,37);(H,6,7)/t26-,27+,31?;/m1./s1. The number of carbonyl (C=O) groups excluding carboxylic acids is 2. The molecule has 10 nitrogen and oxygen atoms in total. The number of nitrogens with zero attached hydrogens (tertiary/aromatic N) is 3. The molecule has 2 fully saturated rings. The van der Waals surface area contributed by atoms with E-state index in [4.69, 9.17) is 14.9 Å². The highest BCUT2D eigenvalue weighted by Gasteiger charge is 2.42. The molecule has 3 atom stereocenters. The summed E-state index contributed by atoms with van der Waals surface area (Å²) in [5, 5.41) is 25.3. The lowest BCUT2D eigenvalue weighted by Crippen LogP contribution is -2.54. The number of carboxylic acid groups (broad SMARTS) is 1. The van der Waals surface area contributed by atoms with Gasteiger partial charge in [-0.15, -0.1) is 0 Å². The van der Waals surface area contributed by atoms with E-state index in [2.05, 4.69) is 22.8 Å². The van der Waals surface area contributed by atoms with Gasteiger partial charge >= 0.3 is 12.1 Å². The monoisotopic (exact) mass is 643 g/mol. The smallest absolute Gasteiger partial charge is 0.475 e. The highest BCUT2D eigenvalue weighted by molar-refractivity contribution is 5.98. The lowest BCUT2D eigenvalue weighted by Gasteiger charge is -2.41. The zero-order valence-corrected chi connectivity index (χ0v) is 25.7. The molecular formula is C33H40F3N5O5. The van der Waals surface area contributed by atoms with Crippen LogP contribution in [0.2, 0.25) is 0 Å². The number of benzene rings is 2. The number of alkyl halides is 3. The quantitative estimate of drug-likeness (QED) is 0.289. The van der Waals surface area contributed by atoms with Gasteiger partial charge in [0.2, 0.25) is 5.91 Å². The normalized spacial score (nSPS) is 21.5. The van der Waals surface area contributed by atoms with Gasteiger partial charge in [0.15, 0.2) is 5.69 Å². The van der Waals surface area contributed by atoms with Gasteiger partial charge in [-0.1, -0.05) is 73.5 Å². The molecule has 2 aromatic carbocycles. The molecule has 0 spiro atoms. The van der Waals surface area contributed by atoms with Crippen molar-refractivity contribution in [2.75, 3.05) is 26.2 Å². The van der Waals surface area contributed by atoms with Crippen molar-refractivity contribution in [2.24, 2.45) is 0 Å². The largest absolute Gasteiger partial charge is 0.490 e. The Labute approximate surface area is 265 Å². The van der Waals surface area contributed by atoms with E-state index in [1.54, 1.807) is 6.33 Å². The molecule has 2 amide bonds. The number of aromatic nitrogens is 2. The molecule has 248 valence electrons. The second-order valence-corrected chi connectivity index (χ2v) is 11.7. The molecule has 1 aliphatic carbocycles. The van der Waals surface area contributed by atoms with E-state index in [1.165, 1.54) is 12.5 Å². The molecule has 2 aliphatic rings. The minimum Gasteiger partial charge on any atom is -0.475 e. The van der Waals surface area contributed by atoms with Crippen molar-refractivity contribution < 1.29 is 37.8 Å². The van der Waals surface area contributed by atoms with Crippen LogP contribution in [0.4, 0.5) is 13.2 Å². The molecule has 1 saturated carbocycles. The number of aliphatic carboxylic acids is 1. The van der Waals surface area contributed by atoms with Crippen molar-refractivity contribution in [1.29, 1.82) is 0 Å². The fraction of sp³-hybridized carbons (Fsp3) is 0.455. The van der Waals surface area contributed by atoms with Crippen LogP contribution in [-0.4, -0.2) is 86.4 Å². The van der Waals surface area contributed by atoms with Crippen LogP contribution in [0.3, 0.4) is 0 Å². The molecule has 46 heavy (non-hydrogen) atoms. The molecule has 1 saturated heterocycles. The topological polar surface area (TPSA) is 137 Å². The Hall–Kier alpha value is -4.23. The van der Waals surface area contributed by atoms with Gasteiger partial charge in [-0.05, 0) is 31.2 Å². The lowest BCUT2D eigenvalue weighted by molar-refractivity contribution is -0.192. The van der Waals surface area contributed by atoms with Gasteiger partial charge in [0.25, 0.3) is 5.91 Å². The fourth-order valence-corrected chi connectivity index (χ4v) is 6.22. The molecule has 5 rings (SSSR count). The van der Waals surface area contributed by atoms with Gasteiger partial charge in [0.05, 0.1) is 23.7 Å². The Morgan fingerprint density at radius 2 is 1.72 bits per heavy atom. The number of carbonyl (C=O) groups is 3. The first-order valence-electron chi connectivity index (χ1n) is 15.4. The third-order valence-corrected chi connectivity index (χ3v) is 8.44. The maximum Gasteiger partial charge on any atom is 0.490 e. The predicted octanol–water partition coefficient (Wildman–Crippen LogP) is 4.21. The molecule has 3 aromatic rings. The summed E-state index contributed by atoms with van der Waals surface area (Å²) in [6.45, 7) is 3.98. The summed E-state index contributed by atoms with van der Waals surface area (Å²) in [4.78, 5) is 41.3. The third kappa shape index (κ3) is 8.73. The summed E-state index contributed by atoms with van der Waals surface area (Å²) < 4.78 is 33.8.